The molecule has 0 saturated carbocycles. The third-order valence-electron chi connectivity index (χ3n) is 28.4. The average Bonchev–Trinajstić information content (AvgIpc) is 1.56. The summed E-state index contributed by atoms with van der Waals surface area (Å²) in [5.74, 6) is 5.93. The molecule has 10 heteroatoms. The van der Waals surface area contributed by atoms with Crippen molar-refractivity contribution < 1.29 is 4.42 Å². The molecule has 0 atom stereocenters. The summed E-state index contributed by atoms with van der Waals surface area (Å²) in [4.78, 5) is 44.7. The van der Waals surface area contributed by atoms with E-state index in [1.165, 1.54) is 131 Å². The Morgan fingerprint density at radius 3 is 0.784 bits per heavy atom. The van der Waals surface area contributed by atoms with E-state index in [9.17, 15) is 0 Å². The second-order valence-corrected chi connectivity index (χ2v) is 37.2. The molecule has 10 nitrogen and oxygen atoms in total. The molecule has 0 saturated heterocycles. The van der Waals surface area contributed by atoms with Gasteiger partial charge in [0.1, 0.15) is 11.2 Å². The quantitative estimate of drug-likeness (QED) is 0.122. The maximum atomic E-state index is 6.44. The molecule has 0 unspecified atom stereocenters. The van der Waals surface area contributed by atoms with E-state index in [0.29, 0.717) is 52.4 Å². The largest absolute Gasteiger partial charge is 0.455 e. The van der Waals surface area contributed by atoms with Crippen molar-refractivity contribution in [3.8, 4) is 136 Å². The van der Waals surface area contributed by atoms with E-state index >= 15 is 0 Å². The SMILES string of the molecule is CC1(C)c2ccccc2-c2c1c1ccccc1c1c2ccc2cc(-c3nc(-c4ccccc4)nc(-c4ccc(-c5ccccc5)cc4)n3)ccc21.CC1(C)c2ccccc2-c2c1c1ccccc1c1c2ccc2cc(-c3nc(-c4ccccc4)nc(-c4ccccc4)n3)ccc21.c1ccc(-c2nc(-c3ccccc3)nc(-c3ccc4c(ccc5c4c4ccccc4c4oc6ccccc6c54)c3)n2)cc1. The number of hydrogen-bond donors (Lipinski definition) is 0. The predicted octanol–water partition coefficient (Wildman–Crippen LogP) is 33.2. The number of nitrogens with zero attached hydrogens (tertiary/aromatic N) is 9. The maximum Gasteiger partial charge on any atom is 0.164 e. The Morgan fingerprint density at radius 1 is 0.173 bits per heavy atom. The molecule has 0 amide bonds. The van der Waals surface area contributed by atoms with Gasteiger partial charge in [-0.1, -0.05) is 446 Å². The first-order valence-electron chi connectivity index (χ1n) is 47.4. The van der Waals surface area contributed by atoms with E-state index < -0.39 is 0 Å². The average molecular weight is 1780 g/mol. The Morgan fingerprint density at radius 2 is 0.417 bits per heavy atom. The molecule has 2 aliphatic rings. The topological polar surface area (TPSA) is 129 Å². The molecule has 2 aliphatic carbocycles. The zero-order chi connectivity index (χ0) is 92.6. The fourth-order valence-corrected chi connectivity index (χ4v) is 22.0. The van der Waals surface area contributed by atoms with Gasteiger partial charge in [0, 0.05) is 77.1 Å². The lowest BCUT2D eigenvalue weighted by Crippen LogP contribution is -2.15. The highest BCUT2D eigenvalue weighted by molar-refractivity contribution is 6.35. The number of hydrogen-bond acceptors (Lipinski definition) is 10. The first-order valence-corrected chi connectivity index (χ1v) is 47.4. The van der Waals surface area contributed by atoms with Crippen LogP contribution in [0, 0.1) is 0 Å². The summed E-state index contributed by atoms with van der Waals surface area (Å²) in [6.45, 7) is 9.47. The van der Waals surface area contributed by atoms with E-state index in [1.807, 2.05) is 158 Å². The molecule has 0 spiro atoms. The predicted molar refractivity (Wildman–Crippen MR) is 574 cm³/mol. The summed E-state index contributed by atoms with van der Waals surface area (Å²) in [6, 6.07) is 156. The summed E-state index contributed by atoms with van der Waals surface area (Å²) in [5, 5.41) is 24.6. The summed E-state index contributed by atoms with van der Waals surface area (Å²) in [7, 11) is 0. The molecule has 0 fully saturated rings. The van der Waals surface area contributed by atoms with Crippen LogP contribution in [0.1, 0.15) is 49.9 Å². The van der Waals surface area contributed by atoms with Gasteiger partial charge in [-0.3, -0.25) is 0 Å². The van der Waals surface area contributed by atoms with Crippen molar-refractivity contribution in [2.24, 2.45) is 0 Å². The highest BCUT2D eigenvalue weighted by Crippen LogP contribution is 2.58. The van der Waals surface area contributed by atoms with Gasteiger partial charge in [-0.05, 0) is 171 Å². The first kappa shape index (κ1) is 81.8. The third-order valence-corrected chi connectivity index (χ3v) is 28.4. The van der Waals surface area contributed by atoms with Crippen molar-refractivity contribution in [3.05, 3.63) is 465 Å². The van der Waals surface area contributed by atoms with Crippen molar-refractivity contribution in [1.29, 1.82) is 0 Å². The van der Waals surface area contributed by atoms with E-state index in [-0.39, 0.29) is 10.8 Å². The van der Waals surface area contributed by atoms with Gasteiger partial charge < -0.3 is 4.42 Å². The van der Waals surface area contributed by atoms with Crippen LogP contribution in [-0.4, -0.2) is 44.9 Å². The summed E-state index contributed by atoms with van der Waals surface area (Å²) < 4.78 is 6.44. The van der Waals surface area contributed by atoms with Gasteiger partial charge in [-0.15, -0.1) is 0 Å². The van der Waals surface area contributed by atoms with Crippen LogP contribution in [0.15, 0.2) is 447 Å². The molecule has 26 aromatic rings. The molecule has 0 N–H and O–H groups in total. The summed E-state index contributed by atoms with van der Waals surface area (Å²) in [5.41, 5.74) is 23.7. The lowest BCUT2D eigenvalue weighted by Gasteiger charge is -2.24. The van der Waals surface area contributed by atoms with Crippen LogP contribution < -0.4 is 0 Å². The van der Waals surface area contributed by atoms with Gasteiger partial charge >= 0.3 is 0 Å². The van der Waals surface area contributed by atoms with Crippen molar-refractivity contribution in [2.45, 2.75) is 38.5 Å². The van der Waals surface area contributed by atoms with Crippen LogP contribution >= 0.6 is 0 Å². The number of rotatable bonds is 10. The fraction of sp³-hybridized carbons (Fsp3) is 0.0465. The van der Waals surface area contributed by atoms with Gasteiger partial charge in [-0.2, -0.15) is 0 Å². The molecular weight excluding hydrogens is 1690 g/mol. The van der Waals surface area contributed by atoms with Gasteiger partial charge in [0.2, 0.25) is 0 Å². The number of para-hydroxylation sites is 1. The van der Waals surface area contributed by atoms with Crippen LogP contribution in [0.5, 0.6) is 0 Å². The van der Waals surface area contributed by atoms with Crippen LogP contribution in [0.3, 0.4) is 0 Å². The summed E-state index contributed by atoms with van der Waals surface area (Å²) in [6.07, 6.45) is 0. The Labute approximate surface area is 802 Å². The fourth-order valence-electron chi connectivity index (χ4n) is 22.0. The third kappa shape index (κ3) is 13.8. The van der Waals surface area contributed by atoms with Gasteiger partial charge in [0.05, 0.1) is 0 Å². The zero-order valence-corrected chi connectivity index (χ0v) is 76.6. The van der Waals surface area contributed by atoms with E-state index in [4.69, 9.17) is 49.3 Å². The Hall–Kier alpha value is -18.0. The van der Waals surface area contributed by atoms with Crippen molar-refractivity contribution >= 4 is 119 Å². The highest BCUT2D eigenvalue weighted by Gasteiger charge is 2.41. The normalized spacial score (nSPS) is 12.7. The molecule has 0 bridgehead atoms. The molecule has 0 aliphatic heterocycles. The molecule has 28 rings (SSSR count). The second-order valence-electron chi connectivity index (χ2n) is 37.2. The Kier molecular flexibility index (Phi) is 19.4. The number of fused-ring (bicyclic) bond motifs is 30. The molecule has 0 radical (unpaired) electrons. The van der Waals surface area contributed by atoms with Gasteiger partial charge in [-0.25, -0.2) is 44.9 Å². The lowest BCUT2D eigenvalue weighted by atomic mass is 9.79. The second kappa shape index (κ2) is 33.0. The van der Waals surface area contributed by atoms with Crippen LogP contribution in [0.4, 0.5) is 0 Å². The lowest BCUT2D eigenvalue weighted by molar-refractivity contribution is 0.666. The van der Waals surface area contributed by atoms with E-state index in [0.717, 1.165) is 93.7 Å². The molecule has 22 aromatic carbocycles. The minimum atomic E-state index is -0.0900. The summed E-state index contributed by atoms with van der Waals surface area (Å²) >= 11 is 0. The molecular formula is C129H85N9O. The van der Waals surface area contributed by atoms with Crippen LogP contribution in [-0.2, 0) is 10.8 Å². The Bertz CT molecular complexity index is 9370. The first-order chi connectivity index (χ1) is 68.4. The minimum Gasteiger partial charge on any atom is -0.455 e. The zero-order valence-electron chi connectivity index (χ0n) is 76.6. The number of furan rings is 1. The van der Waals surface area contributed by atoms with Crippen molar-refractivity contribution in [1.82, 2.24) is 44.9 Å². The molecule has 4 heterocycles. The number of benzene rings is 22. The van der Waals surface area contributed by atoms with E-state index in [1.54, 1.807) is 0 Å². The van der Waals surface area contributed by atoms with Crippen LogP contribution in [0.2, 0.25) is 0 Å². The van der Waals surface area contributed by atoms with E-state index in [2.05, 4.69) is 313 Å². The standard InChI is InChI=1S/C48H33N3.C42H29N3.C39H23N3O/c1-48(2)41-20-12-11-19-39(41)43-40-28-25-34-29-35(26-27-36(34)42(40)37-17-9-10-18-38(37)44(43)48)47-50-45(32-15-7-4-8-16-32)49-46(51-47)33-23-21-31(22-24-33)30-13-5-3-6-14-30;1-42(2)35-20-12-11-19-33(35)37-34-24-21-28-25-29(22-23-30(28)36(34)31-17-9-10-18-32(31)38(37)42)41-44-39(26-13-5-3-6-14-26)43-40(45-41)27-15-7-4-8-16-27;1-3-11-24(12-4-1)37-40-38(25-13-5-2-6-14-25)42-39(41-37)27-20-21-28-26(23-27)19-22-32-34(28)29-15-7-8-16-30(29)36-35(32)31-17-9-10-18-33(31)43-36/h3-29H,1-2H3;3-25H,1-2H3;1-23H. The van der Waals surface area contributed by atoms with Crippen LogP contribution in [0.25, 0.3) is 255 Å². The monoisotopic (exact) mass is 1780 g/mol. The van der Waals surface area contributed by atoms with Gasteiger partial charge in [0.25, 0.3) is 0 Å². The van der Waals surface area contributed by atoms with Crippen molar-refractivity contribution in [2.75, 3.05) is 0 Å². The number of aromatic nitrogens is 9. The molecule has 652 valence electrons. The van der Waals surface area contributed by atoms with Crippen molar-refractivity contribution in [3.63, 3.8) is 0 Å². The van der Waals surface area contributed by atoms with Gasteiger partial charge in [0.15, 0.2) is 52.4 Å². The smallest absolute Gasteiger partial charge is 0.164 e. The highest BCUT2D eigenvalue weighted by atomic mass is 16.3. The molecule has 4 aromatic heterocycles. The maximum absolute atomic E-state index is 6.44. The minimum absolute atomic E-state index is 0.0792. The Balaban J connectivity index is 0.000000108. The molecule has 139 heavy (non-hydrogen) atoms.